The number of nitrogens with zero attached hydrogens (tertiary/aromatic N) is 2. The van der Waals surface area contributed by atoms with Crippen molar-refractivity contribution in [2.75, 3.05) is 27.2 Å². The number of hydrogen-bond acceptors (Lipinski definition) is 3. The highest BCUT2D eigenvalue weighted by atomic mass is 16.5. The van der Waals surface area contributed by atoms with E-state index in [2.05, 4.69) is 29.5 Å². The minimum Gasteiger partial charge on any atom is -0.375 e. The summed E-state index contributed by atoms with van der Waals surface area (Å²) < 4.78 is 5.98. The van der Waals surface area contributed by atoms with Crippen molar-refractivity contribution in [1.29, 1.82) is 0 Å². The largest absolute Gasteiger partial charge is 0.375 e. The SMILES string of the molecule is CCC(C)NC(=NCC(=O)N(C)C)NC1CCOC2(CCC2)C1. The first-order valence-electron chi connectivity index (χ1n) is 8.86. The second-order valence-corrected chi connectivity index (χ2v) is 7.13. The van der Waals surface area contributed by atoms with Gasteiger partial charge in [0.25, 0.3) is 0 Å². The smallest absolute Gasteiger partial charge is 0.243 e. The number of rotatable bonds is 5. The Morgan fingerprint density at radius 2 is 2.17 bits per heavy atom. The van der Waals surface area contributed by atoms with Crippen LogP contribution >= 0.6 is 0 Å². The second kappa shape index (κ2) is 7.99. The lowest BCUT2D eigenvalue weighted by atomic mass is 9.74. The van der Waals surface area contributed by atoms with E-state index in [1.165, 1.54) is 19.3 Å². The number of carbonyl (C=O) groups is 1. The summed E-state index contributed by atoms with van der Waals surface area (Å²) in [4.78, 5) is 17.8. The Morgan fingerprint density at radius 3 is 2.74 bits per heavy atom. The van der Waals surface area contributed by atoms with Crippen LogP contribution in [0, 0.1) is 0 Å². The minimum atomic E-state index is 0.0118. The summed E-state index contributed by atoms with van der Waals surface area (Å²) in [6.07, 6.45) is 6.67. The zero-order valence-corrected chi connectivity index (χ0v) is 15.0. The van der Waals surface area contributed by atoms with E-state index in [0.29, 0.717) is 12.1 Å². The summed E-state index contributed by atoms with van der Waals surface area (Å²) in [5, 5.41) is 6.93. The topological polar surface area (TPSA) is 66.0 Å². The lowest BCUT2D eigenvalue weighted by molar-refractivity contribution is -0.134. The van der Waals surface area contributed by atoms with Crippen LogP contribution in [0.3, 0.4) is 0 Å². The standard InChI is InChI=1S/C17H32N4O2/c1-5-13(2)19-16(18-12-15(22)21(3)4)20-14-7-10-23-17(11-14)8-6-9-17/h13-14H,5-12H2,1-4H3,(H2,18,19,20). The first-order valence-corrected chi connectivity index (χ1v) is 8.86. The number of ether oxygens (including phenoxy) is 1. The van der Waals surface area contributed by atoms with Crippen molar-refractivity contribution in [2.45, 2.75) is 70.1 Å². The maximum absolute atomic E-state index is 11.8. The van der Waals surface area contributed by atoms with Crippen molar-refractivity contribution in [1.82, 2.24) is 15.5 Å². The Balaban J connectivity index is 1.95. The summed E-state index contributed by atoms with van der Waals surface area (Å²) in [6.45, 7) is 5.25. The molecule has 2 unspecified atom stereocenters. The van der Waals surface area contributed by atoms with Gasteiger partial charge in [0.05, 0.1) is 5.60 Å². The molecule has 0 aromatic rings. The summed E-state index contributed by atoms with van der Waals surface area (Å²) in [5.74, 6) is 0.758. The zero-order valence-electron chi connectivity index (χ0n) is 15.0. The van der Waals surface area contributed by atoms with Crippen LogP contribution in [0.1, 0.15) is 52.4 Å². The highest BCUT2D eigenvalue weighted by Crippen LogP contribution is 2.42. The molecule has 2 rings (SSSR count). The Hall–Kier alpha value is -1.30. The van der Waals surface area contributed by atoms with Crippen LogP contribution in [0.15, 0.2) is 4.99 Å². The molecule has 1 saturated heterocycles. The summed E-state index contributed by atoms with van der Waals surface area (Å²) in [6, 6.07) is 0.696. The van der Waals surface area contributed by atoms with Crippen LogP contribution in [0.5, 0.6) is 0 Å². The van der Waals surface area contributed by atoms with Crippen molar-refractivity contribution in [3.63, 3.8) is 0 Å². The molecule has 6 heteroatoms. The van der Waals surface area contributed by atoms with E-state index in [9.17, 15) is 4.79 Å². The Morgan fingerprint density at radius 1 is 1.43 bits per heavy atom. The minimum absolute atomic E-state index is 0.0118. The highest BCUT2D eigenvalue weighted by molar-refractivity contribution is 5.85. The molecule has 132 valence electrons. The molecule has 1 aliphatic carbocycles. The number of hydrogen-bond donors (Lipinski definition) is 2. The number of amides is 1. The van der Waals surface area contributed by atoms with Gasteiger partial charge in [-0.2, -0.15) is 0 Å². The summed E-state index contributed by atoms with van der Waals surface area (Å²) in [5.41, 5.74) is 0.108. The van der Waals surface area contributed by atoms with E-state index in [1.807, 2.05) is 0 Å². The van der Waals surface area contributed by atoms with Crippen LogP contribution in [0.2, 0.25) is 0 Å². The molecule has 0 bridgehead atoms. The van der Waals surface area contributed by atoms with Gasteiger partial charge in [0.1, 0.15) is 6.54 Å². The van der Waals surface area contributed by atoms with Crippen molar-refractivity contribution in [3.8, 4) is 0 Å². The molecule has 1 saturated carbocycles. The average molecular weight is 324 g/mol. The monoisotopic (exact) mass is 324 g/mol. The van der Waals surface area contributed by atoms with Gasteiger partial charge >= 0.3 is 0 Å². The van der Waals surface area contributed by atoms with E-state index in [0.717, 1.165) is 31.8 Å². The fraction of sp³-hybridized carbons (Fsp3) is 0.882. The normalized spacial score (nSPS) is 24.7. The van der Waals surface area contributed by atoms with E-state index >= 15 is 0 Å². The molecule has 2 fully saturated rings. The first-order chi connectivity index (χ1) is 10.9. The van der Waals surface area contributed by atoms with Gasteiger partial charge in [-0.3, -0.25) is 4.79 Å². The third kappa shape index (κ3) is 5.09. The van der Waals surface area contributed by atoms with E-state index in [1.54, 1.807) is 19.0 Å². The number of carbonyl (C=O) groups excluding carboxylic acids is 1. The molecular formula is C17H32N4O2. The number of aliphatic imine (C=N–C) groups is 1. The van der Waals surface area contributed by atoms with Crippen LogP contribution < -0.4 is 10.6 Å². The predicted octanol–water partition coefficient (Wildman–Crippen LogP) is 1.51. The molecule has 1 amide bonds. The van der Waals surface area contributed by atoms with Crippen molar-refractivity contribution >= 4 is 11.9 Å². The maximum atomic E-state index is 11.8. The van der Waals surface area contributed by atoms with Crippen LogP contribution in [-0.2, 0) is 9.53 Å². The van der Waals surface area contributed by atoms with Gasteiger partial charge < -0.3 is 20.3 Å². The molecule has 0 radical (unpaired) electrons. The summed E-state index contributed by atoms with van der Waals surface area (Å²) in [7, 11) is 3.51. The van der Waals surface area contributed by atoms with Crippen molar-refractivity contribution < 1.29 is 9.53 Å². The average Bonchev–Trinajstić information content (AvgIpc) is 2.50. The molecule has 1 spiro atoms. The van der Waals surface area contributed by atoms with Gasteiger partial charge in [-0.25, -0.2) is 4.99 Å². The fourth-order valence-corrected chi connectivity index (χ4v) is 3.02. The molecule has 0 aromatic carbocycles. The van der Waals surface area contributed by atoms with Gasteiger partial charge in [0.15, 0.2) is 5.96 Å². The Labute approximate surface area is 140 Å². The van der Waals surface area contributed by atoms with Crippen LogP contribution in [0.4, 0.5) is 0 Å². The molecule has 23 heavy (non-hydrogen) atoms. The lowest BCUT2D eigenvalue weighted by Crippen LogP contribution is -2.54. The molecule has 6 nitrogen and oxygen atoms in total. The molecule has 0 aromatic heterocycles. The maximum Gasteiger partial charge on any atom is 0.243 e. The summed E-state index contributed by atoms with van der Waals surface area (Å²) >= 11 is 0. The second-order valence-electron chi connectivity index (χ2n) is 7.13. The Kier molecular flexibility index (Phi) is 6.27. The van der Waals surface area contributed by atoms with Gasteiger partial charge in [-0.1, -0.05) is 6.92 Å². The van der Waals surface area contributed by atoms with Gasteiger partial charge in [-0.05, 0) is 45.4 Å². The third-order valence-electron chi connectivity index (χ3n) is 4.97. The molecule has 2 N–H and O–H groups in total. The van der Waals surface area contributed by atoms with Crippen molar-refractivity contribution in [2.24, 2.45) is 4.99 Å². The molecule has 2 aliphatic rings. The van der Waals surface area contributed by atoms with Gasteiger partial charge in [0, 0.05) is 32.8 Å². The van der Waals surface area contributed by atoms with E-state index in [-0.39, 0.29) is 18.1 Å². The Bertz CT molecular complexity index is 432. The van der Waals surface area contributed by atoms with Crippen LogP contribution in [-0.4, -0.2) is 61.7 Å². The molecule has 1 heterocycles. The number of nitrogens with one attached hydrogen (secondary N) is 2. The predicted molar refractivity (Wildman–Crippen MR) is 92.6 cm³/mol. The molecular weight excluding hydrogens is 292 g/mol. The quantitative estimate of drug-likeness (QED) is 0.594. The van der Waals surface area contributed by atoms with Gasteiger partial charge in [-0.15, -0.1) is 0 Å². The lowest BCUT2D eigenvalue weighted by Gasteiger charge is -2.47. The zero-order chi connectivity index (χ0) is 16.9. The highest BCUT2D eigenvalue weighted by Gasteiger charge is 2.42. The third-order valence-corrected chi connectivity index (χ3v) is 4.97. The number of guanidine groups is 1. The molecule has 1 aliphatic heterocycles. The van der Waals surface area contributed by atoms with Gasteiger partial charge in [0.2, 0.25) is 5.91 Å². The van der Waals surface area contributed by atoms with Crippen molar-refractivity contribution in [3.05, 3.63) is 0 Å². The molecule has 2 atom stereocenters. The van der Waals surface area contributed by atoms with E-state index < -0.39 is 0 Å². The van der Waals surface area contributed by atoms with E-state index in [4.69, 9.17) is 4.74 Å². The van der Waals surface area contributed by atoms with Crippen LogP contribution in [0.25, 0.3) is 0 Å². The number of likely N-dealkylation sites (N-methyl/N-ethyl adjacent to an activating group) is 1. The fourth-order valence-electron chi connectivity index (χ4n) is 3.02. The first kappa shape index (κ1) is 18.0.